The Bertz CT molecular complexity index is 560. The standard InChI is InChI=1S/C13H18N4O/c1-8(2)17-9(3)15-16-13(17)11-6-5-10(14)7-12(11)18-4/h5-8H,14H2,1-4H3. The van der Waals surface area contributed by atoms with Crippen molar-refractivity contribution in [1.82, 2.24) is 14.8 Å². The normalized spacial score (nSPS) is 10.9. The number of nitrogens with zero attached hydrogens (tertiary/aromatic N) is 3. The van der Waals surface area contributed by atoms with Crippen molar-refractivity contribution in [3.05, 3.63) is 24.0 Å². The van der Waals surface area contributed by atoms with Gasteiger partial charge in [0.1, 0.15) is 11.6 Å². The van der Waals surface area contributed by atoms with Crippen LogP contribution in [0.5, 0.6) is 5.75 Å². The van der Waals surface area contributed by atoms with Crippen LogP contribution in [0.2, 0.25) is 0 Å². The van der Waals surface area contributed by atoms with E-state index in [2.05, 4.69) is 28.6 Å². The molecule has 2 N–H and O–H groups in total. The molecule has 0 fully saturated rings. The maximum atomic E-state index is 5.76. The summed E-state index contributed by atoms with van der Waals surface area (Å²) in [5.74, 6) is 2.41. The van der Waals surface area contributed by atoms with Gasteiger partial charge in [-0.3, -0.25) is 0 Å². The van der Waals surface area contributed by atoms with Crippen LogP contribution in [0.25, 0.3) is 11.4 Å². The summed E-state index contributed by atoms with van der Waals surface area (Å²) in [6.07, 6.45) is 0. The van der Waals surface area contributed by atoms with E-state index in [1.807, 2.05) is 19.1 Å². The van der Waals surface area contributed by atoms with E-state index < -0.39 is 0 Å². The van der Waals surface area contributed by atoms with Crippen LogP contribution in [0.1, 0.15) is 25.7 Å². The number of nitrogen functional groups attached to an aromatic ring is 1. The van der Waals surface area contributed by atoms with Crippen molar-refractivity contribution in [3.8, 4) is 17.1 Å². The zero-order valence-corrected chi connectivity index (χ0v) is 11.1. The number of hydrogen-bond acceptors (Lipinski definition) is 4. The Kier molecular flexibility index (Phi) is 3.23. The molecule has 2 aromatic rings. The second-order valence-electron chi connectivity index (χ2n) is 4.49. The number of nitrogens with two attached hydrogens (primary N) is 1. The predicted molar refractivity (Wildman–Crippen MR) is 71.5 cm³/mol. The minimum atomic E-state index is 0.289. The third-order valence-corrected chi connectivity index (χ3v) is 2.85. The van der Waals surface area contributed by atoms with E-state index in [9.17, 15) is 0 Å². The fraction of sp³-hybridized carbons (Fsp3) is 0.385. The average molecular weight is 246 g/mol. The Hall–Kier alpha value is -2.04. The third kappa shape index (κ3) is 2.03. The predicted octanol–water partition coefficient (Wildman–Crippen LogP) is 2.43. The van der Waals surface area contributed by atoms with Crippen molar-refractivity contribution < 1.29 is 4.74 Å². The van der Waals surface area contributed by atoms with Crippen LogP contribution in [0.3, 0.4) is 0 Å². The molecule has 0 atom stereocenters. The number of ether oxygens (including phenoxy) is 1. The molecule has 0 aliphatic heterocycles. The summed E-state index contributed by atoms with van der Waals surface area (Å²) in [7, 11) is 1.63. The van der Waals surface area contributed by atoms with Crippen LogP contribution >= 0.6 is 0 Å². The lowest BCUT2D eigenvalue weighted by Gasteiger charge is -2.14. The fourth-order valence-corrected chi connectivity index (χ4v) is 2.06. The van der Waals surface area contributed by atoms with Crippen molar-refractivity contribution in [2.75, 3.05) is 12.8 Å². The third-order valence-electron chi connectivity index (χ3n) is 2.85. The van der Waals surface area contributed by atoms with Gasteiger partial charge < -0.3 is 15.0 Å². The van der Waals surface area contributed by atoms with Gasteiger partial charge in [0.05, 0.1) is 12.7 Å². The molecule has 0 aliphatic rings. The Morgan fingerprint density at radius 2 is 2.00 bits per heavy atom. The van der Waals surface area contributed by atoms with Gasteiger partial charge in [-0.1, -0.05) is 0 Å². The second-order valence-corrected chi connectivity index (χ2v) is 4.49. The first-order chi connectivity index (χ1) is 8.54. The van der Waals surface area contributed by atoms with Crippen molar-refractivity contribution in [3.63, 3.8) is 0 Å². The highest BCUT2D eigenvalue weighted by Gasteiger charge is 2.17. The van der Waals surface area contributed by atoms with Crippen molar-refractivity contribution in [2.24, 2.45) is 0 Å². The molecule has 18 heavy (non-hydrogen) atoms. The summed E-state index contributed by atoms with van der Waals surface area (Å²) >= 11 is 0. The van der Waals surface area contributed by atoms with Gasteiger partial charge in [-0.25, -0.2) is 0 Å². The highest BCUT2D eigenvalue weighted by molar-refractivity contribution is 5.68. The second kappa shape index (κ2) is 4.68. The first kappa shape index (κ1) is 12.4. The monoisotopic (exact) mass is 246 g/mol. The van der Waals surface area contributed by atoms with Crippen molar-refractivity contribution in [1.29, 1.82) is 0 Å². The number of hydrogen-bond donors (Lipinski definition) is 1. The number of aromatic nitrogens is 3. The smallest absolute Gasteiger partial charge is 0.167 e. The Morgan fingerprint density at radius 3 is 2.61 bits per heavy atom. The molecule has 0 spiro atoms. The number of anilines is 1. The summed E-state index contributed by atoms with van der Waals surface area (Å²) in [4.78, 5) is 0. The first-order valence-corrected chi connectivity index (χ1v) is 5.90. The quantitative estimate of drug-likeness (QED) is 0.845. The minimum Gasteiger partial charge on any atom is -0.496 e. The summed E-state index contributed by atoms with van der Waals surface area (Å²) < 4.78 is 7.44. The number of aryl methyl sites for hydroxylation is 1. The lowest BCUT2D eigenvalue weighted by molar-refractivity contribution is 0.416. The summed E-state index contributed by atoms with van der Waals surface area (Å²) in [5.41, 5.74) is 7.33. The van der Waals surface area contributed by atoms with Gasteiger partial charge in [-0.15, -0.1) is 10.2 Å². The van der Waals surface area contributed by atoms with E-state index in [1.54, 1.807) is 13.2 Å². The highest BCUT2D eigenvalue weighted by atomic mass is 16.5. The minimum absolute atomic E-state index is 0.289. The molecular formula is C13H18N4O. The van der Waals surface area contributed by atoms with Crippen LogP contribution in [-0.4, -0.2) is 21.9 Å². The maximum absolute atomic E-state index is 5.76. The molecule has 0 aliphatic carbocycles. The highest BCUT2D eigenvalue weighted by Crippen LogP contribution is 2.32. The molecule has 5 nitrogen and oxygen atoms in total. The number of rotatable bonds is 3. The molecule has 0 saturated heterocycles. The number of benzene rings is 1. The fourth-order valence-electron chi connectivity index (χ4n) is 2.06. The Labute approximate surface area is 107 Å². The van der Waals surface area contributed by atoms with E-state index in [0.717, 1.165) is 17.2 Å². The summed E-state index contributed by atoms with van der Waals surface area (Å²) in [6, 6.07) is 5.84. The van der Waals surface area contributed by atoms with E-state index in [4.69, 9.17) is 10.5 Å². The lowest BCUT2D eigenvalue weighted by atomic mass is 10.1. The van der Waals surface area contributed by atoms with Crippen molar-refractivity contribution >= 4 is 5.69 Å². The Morgan fingerprint density at radius 1 is 1.28 bits per heavy atom. The van der Waals surface area contributed by atoms with Gasteiger partial charge in [0.15, 0.2) is 5.82 Å². The molecular weight excluding hydrogens is 228 g/mol. The van der Waals surface area contributed by atoms with Crippen LogP contribution < -0.4 is 10.5 Å². The van der Waals surface area contributed by atoms with Gasteiger partial charge >= 0.3 is 0 Å². The summed E-state index contributed by atoms with van der Waals surface area (Å²) in [6.45, 7) is 6.15. The molecule has 0 unspecified atom stereocenters. The average Bonchev–Trinajstić information content (AvgIpc) is 2.70. The first-order valence-electron chi connectivity index (χ1n) is 5.90. The van der Waals surface area contributed by atoms with Gasteiger partial charge in [0, 0.05) is 17.8 Å². The van der Waals surface area contributed by atoms with Crippen LogP contribution in [-0.2, 0) is 0 Å². The van der Waals surface area contributed by atoms with E-state index in [-0.39, 0.29) is 6.04 Å². The van der Waals surface area contributed by atoms with Crippen LogP contribution in [0, 0.1) is 6.92 Å². The van der Waals surface area contributed by atoms with Gasteiger partial charge in [0.2, 0.25) is 0 Å². The zero-order chi connectivity index (χ0) is 13.3. The van der Waals surface area contributed by atoms with Crippen LogP contribution in [0.15, 0.2) is 18.2 Å². The molecule has 0 amide bonds. The van der Waals surface area contributed by atoms with Crippen molar-refractivity contribution in [2.45, 2.75) is 26.8 Å². The SMILES string of the molecule is COc1cc(N)ccc1-c1nnc(C)n1C(C)C. The molecule has 5 heteroatoms. The molecule has 1 heterocycles. The maximum Gasteiger partial charge on any atom is 0.167 e. The largest absolute Gasteiger partial charge is 0.496 e. The molecule has 2 rings (SSSR count). The van der Waals surface area contributed by atoms with E-state index in [0.29, 0.717) is 11.4 Å². The van der Waals surface area contributed by atoms with Gasteiger partial charge in [-0.05, 0) is 32.9 Å². The number of methoxy groups -OCH3 is 1. The molecule has 0 radical (unpaired) electrons. The molecule has 1 aromatic heterocycles. The zero-order valence-electron chi connectivity index (χ0n) is 11.1. The molecule has 0 saturated carbocycles. The lowest BCUT2D eigenvalue weighted by Crippen LogP contribution is -2.06. The van der Waals surface area contributed by atoms with E-state index >= 15 is 0 Å². The van der Waals surface area contributed by atoms with Gasteiger partial charge in [-0.2, -0.15) is 0 Å². The van der Waals surface area contributed by atoms with E-state index in [1.165, 1.54) is 0 Å². The van der Waals surface area contributed by atoms with Crippen LogP contribution in [0.4, 0.5) is 5.69 Å². The molecule has 0 bridgehead atoms. The van der Waals surface area contributed by atoms with Gasteiger partial charge in [0.25, 0.3) is 0 Å². The topological polar surface area (TPSA) is 66.0 Å². The Balaban J connectivity index is 2.62. The molecule has 96 valence electrons. The summed E-state index contributed by atoms with van der Waals surface area (Å²) in [5, 5.41) is 8.38. The molecule has 1 aromatic carbocycles.